The lowest BCUT2D eigenvalue weighted by molar-refractivity contribution is -0.122. The molecule has 1 heterocycles. The predicted molar refractivity (Wildman–Crippen MR) is 112 cm³/mol. The molecule has 148 valence electrons. The lowest BCUT2D eigenvalue weighted by Gasteiger charge is -2.26. The summed E-state index contributed by atoms with van der Waals surface area (Å²) in [4.78, 5) is 38.4. The van der Waals surface area contributed by atoms with Crippen LogP contribution in [0.2, 0.25) is 5.02 Å². The van der Waals surface area contributed by atoms with Gasteiger partial charge in [-0.1, -0.05) is 49.4 Å². The van der Waals surface area contributed by atoms with Crippen molar-refractivity contribution in [1.82, 2.24) is 5.32 Å². The van der Waals surface area contributed by atoms with Gasteiger partial charge in [0.1, 0.15) is 17.9 Å². The summed E-state index contributed by atoms with van der Waals surface area (Å²) in [5.74, 6) is -1.00. The molecule has 1 aliphatic heterocycles. The van der Waals surface area contributed by atoms with E-state index in [0.29, 0.717) is 28.6 Å². The summed E-state index contributed by atoms with van der Waals surface area (Å²) in [5, 5.41) is 2.53. The average Bonchev–Trinajstić information content (AvgIpc) is 2.71. The highest BCUT2D eigenvalue weighted by atomic mass is 35.5. The minimum atomic E-state index is -0.785. The monoisotopic (exact) mass is 410 g/mol. The number of amides is 4. The molecule has 3 rings (SSSR count). The summed E-state index contributed by atoms with van der Waals surface area (Å²) < 4.78 is 5.41. The van der Waals surface area contributed by atoms with Crippen LogP contribution in [-0.4, -0.2) is 24.5 Å². The highest BCUT2D eigenvalue weighted by molar-refractivity contribution is 6.39. The second kappa shape index (κ2) is 8.75. The lowest BCUT2D eigenvalue weighted by Crippen LogP contribution is -2.54. The Hall–Kier alpha value is -3.38. The number of barbiturate groups is 1. The van der Waals surface area contributed by atoms with E-state index in [-0.39, 0.29) is 5.57 Å². The van der Waals surface area contributed by atoms with E-state index < -0.39 is 17.8 Å². The summed E-state index contributed by atoms with van der Waals surface area (Å²) in [6.45, 7) is 5.88. The Labute approximate surface area is 173 Å². The first kappa shape index (κ1) is 20.4. The van der Waals surface area contributed by atoms with Gasteiger partial charge in [0.05, 0.1) is 10.7 Å². The van der Waals surface area contributed by atoms with Crippen molar-refractivity contribution in [2.24, 2.45) is 0 Å². The van der Waals surface area contributed by atoms with Crippen LogP contribution in [-0.2, 0) is 16.0 Å². The van der Waals surface area contributed by atoms with Crippen LogP contribution < -0.4 is 15.0 Å². The van der Waals surface area contributed by atoms with Crippen LogP contribution in [0.3, 0.4) is 0 Å². The topological polar surface area (TPSA) is 75.7 Å². The zero-order valence-corrected chi connectivity index (χ0v) is 16.5. The number of rotatable bonds is 6. The second-order valence-electron chi connectivity index (χ2n) is 6.27. The second-order valence-corrected chi connectivity index (χ2v) is 6.67. The van der Waals surface area contributed by atoms with E-state index in [4.69, 9.17) is 16.3 Å². The van der Waals surface area contributed by atoms with E-state index in [0.717, 1.165) is 16.9 Å². The van der Waals surface area contributed by atoms with Crippen molar-refractivity contribution in [3.8, 4) is 5.75 Å². The molecule has 0 radical (unpaired) electrons. The molecule has 7 heteroatoms. The van der Waals surface area contributed by atoms with Crippen LogP contribution in [0.5, 0.6) is 5.75 Å². The third-order valence-electron chi connectivity index (χ3n) is 4.33. The van der Waals surface area contributed by atoms with E-state index >= 15 is 0 Å². The molecule has 0 unspecified atom stereocenters. The Morgan fingerprint density at radius 1 is 1.14 bits per heavy atom. The Morgan fingerprint density at radius 3 is 2.48 bits per heavy atom. The number of urea groups is 1. The van der Waals surface area contributed by atoms with Gasteiger partial charge in [0.2, 0.25) is 0 Å². The number of anilines is 1. The van der Waals surface area contributed by atoms with Gasteiger partial charge in [0.25, 0.3) is 11.8 Å². The number of carbonyl (C=O) groups is 3. The fraction of sp³-hybridized carbons (Fsp3) is 0.136. The minimum Gasteiger partial charge on any atom is -0.488 e. The van der Waals surface area contributed by atoms with E-state index in [2.05, 4.69) is 11.9 Å². The molecule has 4 amide bonds. The summed E-state index contributed by atoms with van der Waals surface area (Å²) >= 11 is 6.19. The molecule has 29 heavy (non-hydrogen) atoms. The Morgan fingerprint density at radius 2 is 1.86 bits per heavy atom. The first-order valence-corrected chi connectivity index (χ1v) is 9.36. The van der Waals surface area contributed by atoms with Gasteiger partial charge in [-0.05, 0) is 47.9 Å². The fourth-order valence-corrected chi connectivity index (χ4v) is 3.06. The van der Waals surface area contributed by atoms with Gasteiger partial charge in [0.15, 0.2) is 0 Å². The molecule has 6 nitrogen and oxygen atoms in total. The third kappa shape index (κ3) is 4.38. The van der Waals surface area contributed by atoms with Gasteiger partial charge in [-0.3, -0.25) is 14.9 Å². The van der Waals surface area contributed by atoms with Crippen molar-refractivity contribution >= 4 is 41.2 Å². The van der Waals surface area contributed by atoms with Crippen molar-refractivity contribution in [2.45, 2.75) is 13.3 Å². The average molecular weight is 411 g/mol. The first-order valence-electron chi connectivity index (χ1n) is 8.98. The predicted octanol–water partition coefficient (Wildman–Crippen LogP) is 4.13. The quantitative estimate of drug-likeness (QED) is 0.441. The van der Waals surface area contributed by atoms with Crippen molar-refractivity contribution in [1.29, 1.82) is 0 Å². The largest absolute Gasteiger partial charge is 0.488 e. The zero-order chi connectivity index (χ0) is 21.0. The minimum absolute atomic E-state index is 0.167. The van der Waals surface area contributed by atoms with Crippen LogP contribution in [0, 0.1) is 0 Å². The summed E-state index contributed by atoms with van der Waals surface area (Å²) in [7, 11) is 0. The molecule has 0 aromatic heterocycles. The van der Waals surface area contributed by atoms with Crippen LogP contribution in [0.25, 0.3) is 6.08 Å². The van der Waals surface area contributed by atoms with Gasteiger partial charge in [-0.15, -0.1) is 0 Å². The lowest BCUT2D eigenvalue weighted by atomic mass is 10.1. The molecule has 0 spiro atoms. The Bertz CT molecular complexity index is 1010. The van der Waals surface area contributed by atoms with Crippen LogP contribution in [0.1, 0.15) is 18.1 Å². The highest BCUT2D eigenvalue weighted by Crippen LogP contribution is 2.28. The van der Waals surface area contributed by atoms with Gasteiger partial charge in [-0.25, -0.2) is 9.69 Å². The van der Waals surface area contributed by atoms with Crippen molar-refractivity contribution in [3.63, 3.8) is 0 Å². The smallest absolute Gasteiger partial charge is 0.335 e. The molecule has 0 bridgehead atoms. The molecule has 0 aliphatic carbocycles. The van der Waals surface area contributed by atoms with Crippen LogP contribution in [0.4, 0.5) is 10.5 Å². The molecule has 1 fully saturated rings. The molecule has 1 saturated heterocycles. The number of nitrogens with zero attached hydrogens (tertiary/aromatic N) is 1. The van der Waals surface area contributed by atoms with E-state index in [1.54, 1.807) is 36.4 Å². The first-order chi connectivity index (χ1) is 13.9. The molecule has 2 aromatic rings. The summed E-state index contributed by atoms with van der Waals surface area (Å²) in [6.07, 6.45) is 3.81. The van der Waals surface area contributed by atoms with Crippen LogP contribution >= 0.6 is 11.6 Å². The molecular weight excluding hydrogens is 392 g/mol. The maximum Gasteiger partial charge on any atom is 0.335 e. The number of nitrogens with one attached hydrogen (secondary N) is 1. The maximum absolute atomic E-state index is 12.9. The SMILES string of the molecule is C=CCOc1ccc(/C=C2\C(=O)NC(=O)N(c3ccc(CC)cc3)C2=O)cc1Cl. The molecule has 0 atom stereocenters. The number of benzene rings is 2. The van der Waals surface area contributed by atoms with E-state index in [1.807, 2.05) is 19.1 Å². The molecule has 2 aromatic carbocycles. The molecular formula is C22H19ClN2O4. The number of imide groups is 2. The Balaban J connectivity index is 1.92. The standard InChI is InChI=1S/C22H19ClN2O4/c1-3-11-29-19-10-7-15(13-18(19)23)12-17-20(26)24-22(28)25(21(17)27)16-8-5-14(4-2)6-9-16/h3,5-10,12-13H,1,4,11H2,2H3,(H,24,26,28)/b17-12+. The normalized spacial score (nSPS) is 15.4. The van der Waals surface area contributed by atoms with Crippen LogP contribution in [0.15, 0.2) is 60.7 Å². The van der Waals surface area contributed by atoms with Crippen molar-refractivity contribution in [3.05, 3.63) is 76.8 Å². The van der Waals surface area contributed by atoms with Crippen molar-refractivity contribution < 1.29 is 19.1 Å². The third-order valence-corrected chi connectivity index (χ3v) is 4.62. The van der Waals surface area contributed by atoms with Gasteiger partial charge >= 0.3 is 6.03 Å². The molecule has 1 aliphatic rings. The maximum atomic E-state index is 12.9. The Kier molecular flexibility index (Phi) is 6.14. The zero-order valence-electron chi connectivity index (χ0n) is 15.8. The summed E-state index contributed by atoms with van der Waals surface area (Å²) in [5.41, 5.74) is 1.81. The highest BCUT2D eigenvalue weighted by Gasteiger charge is 2.36. The number of carbonyl (C=O) groups excluding carboxylic acids is 3. The van der Waals surface area contributed by atoms with E-state index in [1.165, 1.54) is 6.08 Å². The van der Waals surface area contributed by atoms with Gasteiger partial charge < -0.3 is 4.74 Å². The van der Waals surface area contributed by atoms with E-state index in [9.17, 15) is 14.4 Å². The number of aryl methyl sites for hydroxylation is 1. The number of ether oxygens (including phenoxy) is 1. The number of hydrogen-bond acceptors (Lipinski definition) is 4. The molecule has 1 N–H and O–H groups in total. The summed E-state index contributed by atoms with van der Waals surface area (Å²) in [6, 6.07) is 11.1. The van der Waals surface area contributed by atoms with Gasteiger partial charge in [-0.2, -0.15) is 0 Å². The number of hydrogen-bond donors (Lipinski definition) is 1. The van der Waals surface area contributed by atoms with Crippen molar-refractivity contribution in [2.75, 3.05) is 11.5 Å². The number of halogens is 1. The fourth-order valence-electron chi connectivity index (χ4n) is 2.81. The molecule has 0 saturated carbocycles. The van der Waals surface area contributed by atoms with Gasteiger partial charge in [0, 0.05) is 0 Å².